The topological polar surface area (TPSA) is 29.3 Å². The fourth-order valence-corrected chi connectivity index (χ4v) is 2.91. The van der Waals surface area contributed by atoms with Gasteiger partial charge in [0.25, 0.3) is 0 Å². The van der Waals surface area contributed by atoms with Gasteiger partial charge < -0.3 is 5.32 Å². The number of fused-ring (bicyclic) bond motifs is 1. The molecule has 0 atom stereocenters. The van der Waals surface area contributed by atoms with E-state index in [1.807, 2.05) is 18.3 Å². The van der Waals surface area contributed by atoms with E-state index in [1.165, 1.54) is 19.3 Å². The van der Waals surface area contributed by atoms with Crippen LogP contribution in [-0.4, -0.2) is 14.9 Å². The fourth-order valence-electron chi connectivity index (χ4n) is 2.91. The third-order valence-corrected chi connectivity index (χ3v) is 3.85. The summed E-state index contributed by atoms with van der Waals surface area (Å²) < 4.78 is 2.13. The van der Waals surface area contributed by atoms with Gasteiger partial charge in [-0.25, -0.2) is 4.98 Å². The molecule has 0 aliphatic heterocycles. The molecule has 3 aliphatic rings. The van der Waals surface area contributed by atoms with Crippen molar-refractivity contribution < 1.29 is 0 Å². The van der Waals surface area contributed by atoms with Crippen molar-refractivity contribution in [2.75, 3.05) is 5.32 Å². The molecule has 0 spiro atoms. The third-order valence-electron chi connectivity index (χ3n) is 3.85. The van der Waals surface area contributed by atoms with Crippen molar-refractivity contribution in [3.8, 4) is 0 Å². The van der Waals surface area contributed by atoms with Crippen molar-refractivity contribution in [2.24, 2.45) is 5.92 Å². The zero-order valence-corrected chi connectivity index (χ0v) is 8.48. The van der Waals surface area contributed by atoms with Crippen LogP contribution in [0.4, 0.5) is 5.95 Å². The molecule has 0 aromatic carbocycles. The first-order chi connectivity index (χ1) is 7.35. The van der Waals surface area contributed by atoms with Crippen LogP contribution in [0.3, 0.4) is 0 Å². The summed E-state index contributed by atoms with van der Waals surface area (Å²) in [6.45, 7) is 0. The Morgan fingerprint density at radius 2 is 2.20 bits per heavy atom. The molecule has 0 amide bonds. The van der Waals surface area contributed by atoms with E-state index >= 15 is 0 Å². The average molecular weight is 199 g/mol. The first kappa shape index (κ1) is 7.74. The Morgan fingerprint density at radius 1 is 1.33 bits per heavy atom. The van der Waals surface area contributed by atoms with E-state index in [0.717, 1.165) is 17.4 Å². The summed E-state index contributed by atoms with van der Waals surface area (Å²) in [5, 5.41) is 3.60. The van der Waals surface area contributed by atoms with Gasteiger partial charge in [-0.2, -0.15) is 0 Å². The summed E-state index contributed by atoms with van der Waals surface area (Å²) >= 11 is 0. The Hall–Kier alpha value is -1.51. The van der Waals surface area contributed by atoms with E-state index in [0.29, 0.717) is 5.54 Å². The average Bonchev–Trinajstić information content (AvgIpc) is 2.53. The lowest BCUT2D eigenvalue weighted by Gasteiger charge is -2.61. The van der Waals surface area contributed by atoms with Crippen molar-refractivity contribution >= 4 is 11.5 Å². The Morgan fingerprint density at radius 3 is 2.93 bits per heavy atom. The largest absolute Gasteiger partial charge is 0.350 e. The van der Waals surface area contributed by atoms with Gasteiger partial charge in [-0.3, -0.25) is 4.40 Å². The van der Waals surface area contributed by atoms with E-state index in [1.54, 1.807) is 0 Å². The van der Waals surface area contributed by atoms with Crippen LogP contribution in [0, 0.1) is 5.92 Å². The van der Waals surface area contributed by atoms with E-state index in [9.17, 15) is 0 Å². The van der Waals surface area contributed by atoms with Crippen molar-refractivity contribution in [3.05, 3.63) is 30.6 Å². The minimum atomic E-state index is 0.405. The molecule has 2 bridgehead atoms. The Labute approximate surface area is 88.1 Å². The standard InChI is InChI=1S/C12H13N3/c1-2-4-15-10(3-1)8-13-11(15)14-12-5-9(6-12)7-12/h1-4,8-9H,5-7H2,(H,13,14). The lowest BCUT2D eigenvalue weighted by molar-refractivity contribution is 0.00142. The van der Waals surface area contributed by atoms with Crippen LogP contribution < -0.4 is 5.32 Å². The van der Waals surface area contributed by atoms with Crippen molar-refractivity contribution in [2.45, 2.75) is 24.8 Å². The highest BCUT2D eigenvalue weighted by Crippen LogP contribution is 2.58. The van der Waals surface area contributed by atoms with Gasteiger partial charge in [-0.15, -0.1) is 0 Å². The summed E-state index contributed by atoms with van der Waals surface area (Å²) in [6, 6.07) is 6.17. The lowest BCUT2D eigenvalue weighted by Crippen LogP contribution is -2.63. The van der Waals surface area contributed by atoms with Crippen LogP contribution in [0.15, 0.2) is 30.6 Å². The van der Waals surface area contributed by atoms with Gasteiger partial charge in [0.2, 0.25) is 5.95 Å². The number of nitrogens with zero attached hydrogens (tertiary/aromatic N) is 2. The molecular formula is C12H13N3. The molecule has 3 nitrogen and oxygen atoms in total. The maximum Gasteiger partial charge on any atom is 0.207 e. The first-order valence-electron chi connectivity index (χ1n) is 5.55. The molecule has 2 aromatic heterocycles. The molecule has 3 heteroatoms. The van der Waals surface area contributed by atoms with Gasteiger partial charge in [0.15, 0.2) is 0 Å². The number of rotatable bonds is 2. The number of hydrogen-bond donors (Lipinski definition) is 1. The Kier molecular flexibility index (Phi) is 1.21. The molecule has 0 radical (unpaired) electrons. The summed E-state index contributed by atoms with van der Waals surface area (Å²) in [5.74, 6) is 2.01. The maximum absolute atomic E-state index is 4.44. The van der Waals surface area contributed by atoms with Crippen molar-refractivity contribution in [1.29, 1.82) is 0 Å². The molecular weight excluding hydrogens is 186 g/mol. The van der Waals surface area contributed by atoms with Crippen LogP contribution in [0.5, 0.6) is 0 Å². The van der Waals surface area contributed by atoms with Gasteiger partial charge in [0.05, 0.1) is 11.7 Å². The molecule has 2 heterocycles. The SMILES string of the molecule is c1ccn2c(NC34CC(C3)C4)ncc2c1. The molecule has 76 valence electrons. The molecule has 0 unspecified atom stereocenters. The molecule has 15 heavy (non-hydrogen) atoms. The summed E-state index contributed by atoms with van der Waals surface area (Å²) in [5.41, 5.74) is 1.56. The van der Waals surface area contributed by atoms with E-state index < -0.39 is 0 Å². The summed E-state index contributed by atoms with van der Waals surface area (Å²) in [7, 11) is 0. The minimum Gasteiger partial charge on any atom is -0.350 e. The predicted molar refractivity (Wildman–Crippen MR) is 58.9 cm³/mol. The second kappa shape index (κ2) is 2.35. The van der Waals surface area contributed by atoms with Gasteiger partial charge in [-0.05, 0) is 37.3 Å². The highest BCUT2D eigenvalue weighted by molar-refractivity contribution is 5.53. The fraction of sp³-hybridized carbons (Fsp3) is 0.417. The lowest BCUT2D eigenvalue weighted by atomic mass is 9.50. The zero-order valence-electron chi connectivity index (χ0n) is 8.48. The van der Waals surface area contributed by atoms with E-state index in [4.69, 9.17) is 0 Å². The second-order valence-electron chi connectivity index (χ2n) is 4.96. The molecule has 0 saturated heterocycles. The number of pyridine rings is 1. The summed E-state index contributed by atoms with van der Waals surface area (Å²) in [6.07, 6.45) is 8.02. The van der Waals surface area contributed by atoms with Gasteiger partial charge in [0, 0.05) is 11.7 Å². The molecule has 3 aliphatic carbocycles. The first-order valence-corrected chi connectivity index (χ1v) is 5.55. The van der Waals surface area contributed by atoms with Crippen molar-refractivity contribution in [3.63, 3.8) is 0 Å². The molecule has 1 N–H and O–H groups in total. The van der Waals surface area contributed by atoms with Gasteiger partial charge >= 0.3 is 0 Å². The second-order valence-corrected chi connectivity index (χ2v) is 4.96. The maximum atomic E-state index is 4.44. The zero-order chi connectivity index (χ0) is 9.88. The number of imidazole rings is 1. The summed E-state index contributed by atoms with van der Waals surface area (Å²) in [4.78, 5) is 4.44. The highest BCUT2D eigenvalue weighted by Gasteiger charge is 2.57. The monoisotopic (exact) mass is 199 g/mol. The molecule has 3 fully saturated rings. The smallest absolute Gasteiger partial charge is 0.207 e. The third kappa shape index (κ3) is 0.928. The van der Waals surface area contributed by atoms with Crippen LogP contribution >= 0.6 is 0 Å². The number of aromatic nitrogens is 2. The van der Waals surface area contributed by atoms with Crippen LogP contribution in [-0.2, 0) is 0 Å². The number of nitrogens with one attached hydrogen (secondary N) is 1. The van der Waals surface area contributed by atoms with Gasteiger partial charge in [0.1, 0.15) is 0 Å². The quantitative estimate of drug-likeness (QED) is 0.804. The van der Waals surface area contributed by atoms with Gasteiger partial charge in [-0.1, -0.05) is 6.07 Å². The van der Waals surface area contributed by atoms with Crippen LogP contribution in [0.25, 0.3) is 5.52 Å². The molecule has 5 rings (SSSR count). The Balaban J connectivity index is 1.74. The van der Waals surface area contributed by atoms with Crippen LogP contribution in [0.1, 0.15) is 19.3 Å². The Bertz CT molecular complexity index is 511. The number of anilines is 1. The van der Waals surface area contributed by atoms with E-state index in [-0.39, 0.29) is 0 Å². The van der Waals surface area contributed by atoms with Crippen molar-refractivity contribution in [1.82, 2.24) is 9.38 Å². The van der Waals surface area contributed by atoms with Crippen LogP contribution in [0.2, 0.25) is 0 Å². The minimum absolute atomic E-state index is 0.405. The highest BCUT2D eigenvalue weighted by atomic mass is 15.2. The van der Waals surface area contributed by atoms with E-state index in [2.05, 4.69) is 27.0 Å². The molecule has 3 saturated carbocycles. The molecule has 2 aromatic rings. The predicted octanol–water partition coefficient (Wildman–Crippen LogP) is 2.30. The number of hydrogen-bond acceptors (Lipinski definition) is 2. The normalized spacial score (nSPS) is 32.1.